The van der Waals surface area contributed by atoms with Crippen LogP contribution >= 0.6 is 11.8 Å². The van der Waals surface area contributed by atoms with Gasteiger partial charge in [-0.15, -0.1) is 5.10 Å². The number of rotatable bonds is 0. The van der Waals surface area contributed by atoms with Gasteiger partial charge in [0.05, 0.1) is 0 Å². The molecule has 0 spiro atoms. The zero-order valence-electron chi connectivity index (χ0n) is 7.80. The highest BCUT2D eigenvalue weighted by Crippen LogP contribution is 2.15. The number of amidine groups is 2. The summed E-state index contributed by atoms with van der Waals surface area (Å²) >= 11 is 1.53. The van der Waals surface area contributed by atoms with E-state index in [1.54, 1.807) is 0 Å². The molecule has 1 aliphatic heterocycles. The number of thioether (sulfide) groups is 1. The summed E-state index contributed by atoms with van der Waals surface area (Å²) in [7, 11) is 0. The van der Waals surface area contributed by atoms with Crippen LogP contribution in [0.5, 0.6) is 0 Å². The molecule has 0 aromatic rings. The minimum Gasteiger partial charge on any atom is -0.260 e. The van der Waals surface area contributed by atoms with Gasteiger partial charge >= 0.3 is 0 Å². The van der Waals surface area contributed by atoms with Crippen LogP contribution < -0.4 is 10.9 Å². The second kappa shape index (κ2) is 3.35. The van der Waals surface area contributed by atoms with Gasteiger partial charge in [-0.25, -0.2) is 0 Å². The molecular weight excluding hydrogens is 172 g/mol. The second-order valence-corrected chi connectivity index (χ2v) is 4.35. The molecule has 4 nitrogen and oxygen atoms in total. The average Bonchev–Trinajstić information content (AvgIpc) is 2.03. The summed E-state index contributed by atoms with van der Waals surface area (Å²) in [5.41, 5.74) is 5.79. The van der Waals surface area contributed by atoms with Crippen LogP contribution in [-0.2, 0) is 0 Å². The zero-order chi connectivity index (χ0) is 9.19. The molecule has 0 aromatic heterocycles. The van der Waals surface area contributed by atoms with Crippen LogP contribution in [-0.4, -0.2) is 17.3 Å². The Morgan fingerprint density at radius 1 is 1.17 bits per heavy atom. The maximum atomic E-state index is 4.16. The molecule has 0 amide bonds. The third-order valence-corrected chi connectivity index (χ3v) is 2.00. The van der Waals surface area contributed by atoms with Crippen LogP contribution in [0.1, 0.15) is 20.8 Å². The molecular formula is C7H14N4S. The van der Waals surface area contributed by atoms with E-state index in [4.69, 9.17) is 0 Å². The summed E-state index contributed by atoms with van der Waals surface area (Å²) in [5, 5.41) is 9.03. The molecule has 12 heavy (non-hydrogen) atoms. The van der Waals surface area contributed by atoms with E-state index < -0.39 is 0 Å². The Hall–Kier alpha value is -0.710. The van der Waals surface area contributed by atoms with Crippen molar-refractivity contribution < 1.29 is 0 Å². The van der Waals surface area contributed by atoms with E-state index in [0.29, 0.717) is 0 Å². The highest BCUT2D eigenvalue weighted by molar-refractivity contribution is 8.13. The maximum Gasteiger partial charge on any atom is 0.200 e. The molecule has 0 atom stereocenters. The zero-order valence-corrected chi connectivity index (χ0v) is 8.62. The molecule has 0 saturated heterocycles. The SMILES string of the molecule is CSC1=NNC(C(C)(C)C)=NN1. The second-order valence-electron chi connectivity index (χ2n) is 3.56. The molecule has 0 aliphatic carbocycles. The molecule has 0 radical (unpaired) electrons. The first-order chi connectivity index (χ1) is 5.54. The largest absolute Gasteiger partial charge is 0.260 e. The monoisotopic (exact) mass is 186 g/mol. The first-order valence-corrected chi connectivity index (χ1v) is 4.98. The number of nitrogens with one attached hydrogen (secondary N) is 2. The fourth-order valence-electron chi connectivity index (χ4n) is 0.684. The Bertz CT molecular complexity index is 226. The van der Waals surface area contributed by atoms with Crippen LogP contribution in [0.25, 0.3) is 0 Å². The number of nitrogens with zero attached hydrogens (tertiary/aromatic N) is 2. The van der Waals surface area contributed by atoms with Crippen LogP contribution in [0.15, 0.2) is 10.2 Å². The van der Waals surface area contributed by atoms with E-state index in [2.05, 4.69) is 41.8 Å². The number of hydrazone groups is 2. The Morgan fingerprint density at radius 2 is 1.83 bits per heavy atom. The van der Waals surface area contributed by atoms with Gasteiger partial charge in [0.25, 0.3) is 0 Å². The maximum absolute atomic E-state index is 4.16. The lowest BCUT2D eigenvalue weighted by atomic mass is 9.95. The third-order valence-electron chi connectivity index (χ3n) is 1.43. The van der Waals surface area contributed by atoms with E-state index in [9.17, 15) is 0 Å². The summed E-state index contributed by atoms with van der Waals surface area (Å²) in [6, 6.07) is 0. The van der Waals surface area contributed by atoms with E-state index in [0.717, 1.165) is 11.0 Å². The van der Waals surface area contributed by atoms with Crippen molar-refractivity contribution in [3.8, 4) is 0 Å². The van der Waals surface area contributed by atoms with Crippen molar-refractivity contribution >= 4 is 22.8 Å². The average molecular weight is 186 g/mol. The summed E-state index contributed by atoms with van der Waals surface area (Å²) < 4.78 is 0. The van der Waals surface area contributed by atoms with E-state index >= 15 is 0 Å². The fourth-order valence-corrected chi connectivity index (χ4v) is 0.958. The molecule has 5 heteroatoms. The normalized spacial score (nSPS) is 17.3. The van der Waals surface area contributed by atoms with Gasteiger partial charge in [0.2, 0.25) is 5.17 Å². The Morgan fingerprint density at radius 3 is 2.17 bits per heavy atom. The summed E-state index contributed by atoms with van der Waals surface area (Å²) in [6.07, 6.45) is 1.95. The summed E-state index contributed by atoms with van der Waals surface area (Å²) in [6.45, 7) is 6.25. The van der Waals surface area contributed by atoms with Crippen molar-refractivity contribution in [1.29, 1.82) is 0 Å². The van der Waals surface area contributed by atoms with Gasteiger partial charge in [-0.05, 0) is 6.26 Å². The molecule has 0 saturated carbocycles. The van der Waals surface area contributed by atoms with Gasteiger partial charge in [-0.1, -0.05) is 32.5 Å². The van der Waals surface area contributed by atoms with Crippen molar-refractivity contribution in [2.45, 2.75) is 20.8 Å². The highest BCUT2D eigenvalue weighted by Gasteiger charge is 2.21. The van der Waals surface area contributed by atoms with Crippen LogP contribution in [0, 0.1) is 5.41 Å². The molecule has 1 heterocycles. The summed E-state index contributed by atoms with van der Waals surface area (Å²) in [4.78, 5) is 0. The van der Waals surface area contributed by atoms with E-state index in [1.165, 1.54) is 11.8 Å². The molecule has 68 valence electrons. The van der Waals surface area contributed by atoms with Crippen molar-refractivity contribution in [2.24, 2.45) is 15.6 Å². The first kappa shape index (κ1) is 9.38. The summed E-state index contributed by atoms with van der Waals surface area (Å²) in [5.74, 6) is 0.861. The molecule has 1 aliphatic rings. The van der Waals surface area contributed by atoms with Crippen molar-refractivity contribution in [1.82, 2.24) is 10.9 Å². The lowest BCUT2D eigenvalue weighted by molar-refractivity contribution is 0.557. The van der Waals surface area contributed by atoms with Gasteiger partial charge in [0.15, 0.2) is 0 Å². The molecule has 0 fully saturated rings. The lowest BCUT2D eigenvalue weighted by Gasteiger charge is -2.23. The van der Waals surface area contributed by atoms with Gasteiger partial charge in [-0.3, -0.25) is 10.9 Å². The van der Waals surface area contributed by atoms with Gasteiger partial charge in [0.1, 0.15) is 5.84 Å². The third kappa shape index (κ3) is 2.14. The Labute approximate surface area is 76.9 Å². The highest BCUT2D eigenvalue weighted by atomic mass is 32.2. The van der Waals surface area contributed by atoms with Gasteiger partial charge in [-0.2, -0.15) is 5.10 Å². The smallest absolute Gasteiger partial charge is 0.200 e. The van der Waals surface area contributed by atoms with E-state index in [1.807, 2.05) is 6.26 Å². The molecule has 0 aromatic carbocycles. The van der Waals surface area contributed by atoms with Crippen LogP contribution in [0.4, 0.5) is 0 Å². The van der Waals surface area contributed by atoms with Crippen molar-refractivity contribution in [2.75, 3.05) is 6.26 Å². The Balaban J connectivity index is 2.61. The molecule has 0 unspecified atom stereocenters. The minimum atomic E-state index is 0.0143. The topological polar surface area (TPSA) is 48.8 Å². The number of hydrogen-bond donors (Lipinski definition) is 2. The van der Waals surface area contributed by atoms with Crippen LogP contribution in [0.2, 0.25) is 0 Å². The fraction of sp³-hybridized carbons (Fsp3) is 0.714. The lowest BCUT2D eigenvalue weighted by Crippen LogP contribution is -2.39. The van der Waals surface area contributed by atoms with Crippen molar-refractivity contribution in [3.05, 3.63) is 0 Å². The number of hydrogen-bond acceptors (Lipinski definition) is 5. The Kier molecular flexibility index (Phi) is 2.62. The molecule has 1 rings (SSSR count). The standard InChI is InChI=1S/C7H14N4S/c1-7(2,3)5-8-10-6(12-4)11-9-5/h1-4H3,(H,8,9)(H,10,11). The van der Waals surface area contributed by atoms with Crippen molar-refractivity contribution in [3.63, 3.8) is 0 Å². The van der Waals surface area contributed by atoms with Gasteiger partial charge in [0, 0.05) is 5.41 Å². The van der Waals surface area contributed by atoms with Crippen LogP contribution in [0.3, 0.4) is 0 Å². The molecule has 0 bridgehead atoms. The predicted octanol–water partition coefficient (Wildman–Crippen LogP) is 1.17. The molecule has 2 N–H and O–H groups in total. The van der Waals surface area contributed by atoms with Gasteiger partial charge < -0.3 is 0 Å². The first-order valence-electron chi connectivity index (χ1n) is 3.76. The minimum absolute atomic E-state index is 0.0143. The van der Waals surface area contributed by atoms with E-state index in [-0.39, 0.29) is 5.41 Å². The predicted molar refractivity (Wildman–Crippen MR) is 54.1 cm³/mol. The quantitative estimate of drug-likeness (QED) is 0.597.